The number of halogens is 3. The number of amides is 2. The number of urea groups is 1. The normalized spacial score (nSPS) is 10.8. The van der Waals surface area contributed by atoms with Crippen LogP contribution in [0.25, 0.3) is 0 Å². The molecule has 2 aromatic carbocycles. The summed E-state index contributed by atoms with van der Waals surface area (Å²) in [7, 11) is 1.37. The maximum Gasteiger partial charge on any atom is 0.319 e. The lowest BCUT2D eigenvalue weighted by molar-refractivity contribution is 0.215. The first-order chi connectivity index (χ1) is 15.4. The number of oxime groups is 1. The Morgan fingerprint density at radius 3 is 2.78 bits per heavy atom. The van der Waals surface area contributed by atoms with Gasteiger partial charge in [0.25, 0.3) is 0 Å². The first kappa shape index (κ1) is 22.7. The molecule has 0 aliphatic heterocycles. The predicted molar refractivity (Wildman–Crippen MR) is 115 cm³/mol. The van der Waals surface area contributed by atoms with Gasteiger partial charge in [0.2, 0.25) is 5.88 Å². The molecular weight excluding hydrogens is 446 g/mol. The number of hydrogen-bond acceptors (Lipinski definition) is 7. The highest BCUT2D eigenvalue weighted by molar-refractivity contribution is 6.33. The number of anilines is 2. The van der Waals surface area contributed by atoms with Gasteiger partial charge in [0, 0.05) is 24.2 Å². The summed E-state index contributed by atoms with van der Waals surface area (Å²) >= 11 is 6.23. The fourth-order valence-corrected chi connectivity index (χ4v) is 2.70. The number of nitrogens with two attached hydrogens (primary N) is 1. The molecule has 166 valence electrons. The van der Waals surface area contributed by atoms with Crippen molar-refractivity contribution >= 4 is 35.4 Å². The van der Waals surface area contributed by atoms with E-state index in [-0.39, 0.29) is 34.5 Å². The largest absolute Gasteiger partial charge is 0.438 e. The van der Waals surface area contributed by atoms with E-state index in [1.165, 1.54) is 43.9 Å². The number of ether oxygens (including phenoxy) is 1. The minimum absolute atomic E-state index is 0.120. The quantitative estimate of drug-likeness (QED) is 0.359. The molecule has 4 N–H and O–H groups in total. The van der Waals surface area contributed by atoms with E-state index in [4.69, 9.17) is 22.1 Å². The van der Waals surface area contributed by atoms with Crippen LogP contribution in [0.5, 0.6) is 11.6 Å². The second kappa shape index (κ2) is 10.4. The molecule has 2 amide bonds. The highest BCUT2D eigenvalue weighted by Crippen LogP contribution is 2.30. The Labute approximate surface area is 186 Å². The first-order valence-electron chi connectivity index (χ1n) is 9.00. The van der Waals surface area contributed by atoms with Crippen LogP contribution in [0, 0.1) is 11.6 Å². The van der Waals surface area contributed by atoms with E-state index in [9.17, 15) is 13.6 Å². The monoisotopic (exact) mass is 462 g/mol. The molecule has 0 radical (unpaired) electrons. The van der Waals surface area contributed by atoms with Crippen molar-refractivity contribution in [3.05, 3.63) is 70.5 Å². The van der Waals surface area contributed by atoms with Gasteiger partial charge in [-0.05, 0) is 18.2 Å². The molecule has 12 heteroatoms. The van der Waals surface area contributed by atoms with Gasteiger partial charge in [-0.1, -0.05) is 22.8 Å². The number of carbonyl (C=O) groups is 1. The molecule has 0 saturated carbocycles. The Morgan fingerprint density at radius 1 is 1.25 bits per heavy atom. The highest BCUT2D eigenvalue weighted by Gasteiger charge is 2.13. The van der Waals surface area contributed by atoms with Gasteiger partial charge in [0.15, 0.2) is 0 Å². The van der Waals surface area contributed by atoms with Gasteiger partial charge < -0.3 is 25.9 Å². The van der Waals surface area contributed by atoms with E-state index in [1.54, 1.807) is 0 Å². The first-order valence-corrected chi connectivity index (χ1v) is 9.38. The van der Waals surface area contributed by atoms with Crippen LogP contribution in [0.3, 0.4) is 0 Å². The van der Waals surface area contributed by atoms with E-state index in [2.05, 4.69) is 30.6 Å². The molecule has 32 heavy (non-hydrogen) atoms. The Hall–Kier alpha value is -3.99. The lowest BCUT2D eigenvalue weighted by atomic mass is 10.2. The number of benzene rings is 2. The van der Waals surface area contributed by atoms with Crippen LogP contribution in [0.1, 0.15) is 11.1 Å². The van der Waals surface area contributed by atoms with E-state index < -0.39 is 17.7 Å². The number of aromatic nitrogens is 2. The van der Waals surface area contributed by atoms with E-state index in [0.717, 1.165) is 12.1 Å². The third kappa shape index (κ3) is 5.79. The smallest absolute Gasteiger partial charge is 0.319 e. The minimum Gasteiger partial charge on any atom is -0.438 e. The second-order valence-electron chi connectivity index (χ2n) is 6.18. The van der Waals surface area contributed by atoms with Gasteiger partial charge >= 0.3 is 6.03 Å². The molecule has 9 nitrogen and oxygen atoms in total. The van der Waals surface area contributed by atoms with Crippen LogP contribution in [0.2, 0.25) is 5.02 Å². The zero-order valence-electron chi connectivity index (χ0n) is 16.6. The number of hydrogen-bond donors (Lipinski definition) is 3. The average molecular weight is 463 g/mol. The summed E-state index contributed by atoms with van der Waals surface area (Å²) in [4.78, 5) is 24.6. The van der Waals surface area contributed by atoms with Crippen molar-refractivity contribution in [3.63, 3.8) is 0 Å². The standard InChI is InChI=1S/C20H17ClF2N6O3/c1-31-28-9-14-18(24)26-10-27-19(14)32-13-4-5-17(15(21)7-13)29-20(30)25-8-11-2-3-12(22)6-16(11)23/h2-7,9-10H,8H2,1H3,(H2,24,26,27)(H2,25,29,30)/b28-9+. The summed E-state index contributed by atoms with van der Waals surface area (Å²) in [5, 5.41) is 8.79. The summed E-state index contributed by atoms with van der Waals surface area (Å²) in [6, 6.07) is 6.95. The van der Waals surface area contributed by atoms with Crippen molar-refractivity contribution in [2.75, 3.05) is 18.2 Å². The van der Waals surface area contributed by atoms with Crippen molar-refractivity contribution in [2.45, 2.75) is 6.54 Å². The molecule has 1 heterocycles. The van der Waals surface area contributed by atoms with E-state index in [1.807, 2.05) is 0 Å². The maximum absolute atomic E-state index is 13.7. The van der Waals surface area contributed by atoms with Crippen LogP contribution in [0.4, 0.5) is 25.1 Å². The molecule has 1 aromatic heterocycles. The Morgan fingerprint density at radius 2 is 2.06 bits per heavy atom. The highest BCUT2D eigenvalue weighted by atomic mass is 35.5. The van der Waals surface area contributed by atoms with Crippen LogP contribution < -0.4 is 21.1 Å². The molecule has 0 aliphatic rings. The van der Waals surface area contributed by atoms with Crippen LogP contribution in [-0.4, -0.2) is 29.3 Å². The van der Waals surface area contributed by atoms with Crippen LogP contribution in [0.15, 0.2) is 47.9 Å². The van der Waals surface area contributed by atoms with Crippen molar-refractivity contribution in [1.29, 1.82) is 0 Å². The molecular formula is C20H17ClF2N6O3. The summed E-state index contributed by atoms with van der Waals surface area (Å²) in [6.45, 7) is -0.141. The SMILES string of the molecule is CO/N=C/c1c(N)ncnc1Oc1ccc(NC(=O)NCc2ccc(F)cc2F)c(Cl)c1. The fourth-order valence-electron chi connectivity index (χ4n) is 2.48. The number of carbonyl (C=O) groups excluding carboxylic acids is 1. The lowest BCUT2D eigenvalue weighted by Gasteiger charge is -2.12. The van der Waals surface area contributed by atoms with Crippen molar-refractivity contribution < 1.29 is 23.1 Å². The van der Waals surface area contributed by atoms with Gasteiger partial charge in [-0.25, -0.2) is 23.5 Å². The zero-order valence-corrected chi connectivity index (χ0v) is 17.4. The summed E-state index contributed by atoms with van der Waals surface area (Å²) in [5.41, 5.74) is 6.53. The molecule has 0 aliphatic carbocycles. The molecule has 0 fully saturated rings. The van der Waals surface area contributed by atoms with Crippen molar-refractivity contribution in [2.24, 2.45) is 5.16 Å². The van der Waals surface area contributed by atoms with E-state index >= 15 is 0 Å². The maximum atomic E-state index is 13.7. The van der Waals surface area contributed by atoms with E-state index in [0.29, 0.717) is 11.3 Å². The Balaban J connectivity index is 1.66. The summed E-state index contributed by atoms with van der Waals surface area (Å²) in [6.07, 6.45) is 2.52. The Kier molecular flexibility index (Phi) is 7.34. The third-order valence-electron chi connectivity index (χ3n) is 4.02. The summed E-state index contributed by atoms with van der Waals surface area (Å²) in [5.74, 6) is -0.902. The van der Waals surface area contributed by atoms with Gasteiger partial charge in [-0.3, -0.25) is 0 Å². The average Bonchev–Trinajstić information content (AvgIpc) is 2.75. The number of rotatable bonds is 7. The number of nitrogens with zero attached hydrogens (tertiary/aromatic N) is 3. The summed E-state index contributed by atoms with van der Waals surface area (Å²) < 4.78 is 32.3. The topological polar surface area (TPSA) is 124 Å². The van der Waals surface area contributed by atoms with Crippen LogP contribution in [-0.2, 0) is 11.4 Å². The molecule has 0 unspecified atom stereocenters. The fraction of sp³-hybridized carbons (Fsp3) is 0.100. The zero-order chi connectivity index (χ0) is 23.1. The molecule has 0 spiro atoms. The Bertz CT molecular complexity index is 1160. The second-order valence-corrected chi connectivity index (χ2v) is 6.59. The lowest BCUT2D eigenvalue weighted by Crippen LogP contribution is -2.28. The molecule has 3 aromatic rings. The van der Waals surface area contributed by atoms with Gasteiger partial charge in [-0.2, -0.15) is 0 Å². The van der Waals surface area contributed by atoms with Crippen molar-refractivity contribution in [1.82, 2.24) is 15.3 Å². The third-order valence-corrected chi connectivity index (χ3v) is 4.34. The van der Waals surface area contributed by atoms with Gasteiger partial charge in [0.05, 0.1) is 16.9 Å². The number of nitrogens with one attached hydrogen (secondary N) is 2. The molecule has 3 rings (SSSR count). The van der Waals surface area contributed by atoms with Crippen LogP contribution >= 0.6 is 11.6 Å². The molecule has 0 saturated heterocycles. The minimum atomic E-state index is -0.759. The van der Waals surface area contributed by atoms with Gasteiger partial charge in [-0.15, -0.1) is 0 Å². The molecule has 0 bridgehead atoms. The van der Waals surface area contributed by atoms with Crippen molar-refractivity contribution in [3.8, 4) is 11.6 Å². The van der Waals surface area contributed by atoms with Gasteiger partial charge in [0.1, 0.15) is 42.2 Å². The number of nitrogen functional groups attached to an aromatic ring is 1. The molecule has 0 atom stereocenters. The predicted octanol–water partition coefficient (Wildman–Crippen LogP) is 4.08.